The SMILES string of the molecule is C=C(c1cccc(C(=O)c2ccccc2)c1)c1ccc2c(c1)Cc1ccccc1S2. The lowest BCUT2D eigenvalue weighted by Gasteiger charge is -2.20. The number of carbonyl (C=O) groups is 1. The number of hydrogen-bond donors (Lipinski definition) is 0. The van der Waals surface area contributed by atoms with E-state index in [1.165, 1.54) is 20.9 Å². The molecule has 0 atom stereocenters. The van der Waals surface area contributed by atoms with Gasteiger partial charge in [0.05, 0.1) is 0 Å². The second-order valence-electron chi connectivity index (χ2n) is 7.46. The predicted octanol–water partition coefficient (Wildman–Crippen LogP) is 7.03. The van der Waals surface area contributed by atoms with Gasteiger partial charge in [-0.25, -0.2) is 0 Å². The first kappa shape index (κ1) is 18.7. The molecular formula is C28H20OS. The summed E-state index contributed by atoms with van der Waals surface area (Å²) in [5.41, 5.74) is 7.08. The van der Waals surface area contributed by atoms with E-state index in [0.29, 0.717) is 11.1 Å². The number of rotatable bonds is 4. The fourth-order valence-electron chi connectivity index (χ4n) is 3.85. The number of ketones is 1. The summed E-state index contributed by atoms with van der Waals surface area (Å²) in [6.45, 7) is 4.34. The Morgan fingerprint density at radius 2 is 1.30 bits per heavy atom. The van der Waals surface area contributed by atoms with Crippen molar-refractivity contribution in [2.24, 2.45) is 0 Å². The Bertz CT molecular complexity index is 1270. The molecule has 1 aliphatic heterocycles. The minimum Gasteiger partial charge on any atom is -0.289 e. The van der Waals surface area contributed by atoms with Gasteiger partial charge in [-0.2, -0.15) is 0 Å². The standard InChI is InChI=1S/C28H20OS/c1-19(21-11-7-12-24(16-21)28(29)20-8-3-2-4-9-20)22-14-15-27-25(17-22)18-23-10-5-6-13-26(23)30-27/h2-17H,1,18H2. The molecule has 2 heteroatoms. The van der Waals surface area contributed by atoms with E-state index in [4.69, 9.17) is 0 Å². The van der Waals surface area contributed by atoms with Crippen LogP contribution in [0.1, 0.15) is 38.2 Å². The van der Waals surface area contributed by atoms with Gasteiger partial charge in [0.15, 0.2) is 5.78 Å². The van der Waals surface area contributed by atoms with Crippen molar-refractivity contribution in [1.82, 2.24) is 0 Å². The van der Waals surface area contributed by atoms with Gasteiger partial charge in [0.25, 0.3) is 0 Å². The van der Waals surface area contributed by atoms with Gasteiger partial charge in [-0.15, -0.1) is 0 Å². The summed E-state index contributed by atoms with van der Waals surface area (Å²) in [5, 5.41) is 0. The summed E-state index contributed by atoms with van der Waals surface area (Å²) in [5.74, 6) is 0.0312. The van der Waals surface area contributed by atoms with Crippen LogP contribution in [0.15, 0.2) is 113 Å². The Labute approximate surface area is 181 Å². The quantitative estimate of drug-likeness (QED) is 0.299. The molecule has 1 heterocycles. The summed E-state index contributed by atoms with van der Waals surface area (Å²) in [6, 6.07) is 32.3. The number of benzene rings is 4. The zero-order valence-electron chi connectivity index (χ0n) is 16.5. The molecule has 30 heavy (non-hydrogen) atoms. The molecule has 0 fully saturated rings. The van der Waals surface area contributed by atoms with Gasteiger partial charge in [-0.1, -0.05) is 91.1 Å². The number of hydrogen-bond acceptors (Lipinski definition) is 2. The van der Waals surface area contributed by atoms with Crippen LogP contribution in [0, 0.1) is 0 Å². The van der Waals surface area contributed by atoms with Crippen LogP contribution >= 0.6 is 11.8 Å². The Hall–Kier alpha value is -3.36. The van der Waals surface area contributed by atoms with Gasteiger partial charge < -0.3 is 0 Å². The molecule has 0 saturated carbocycles. The van der Waals surface area contributed by atoms with Gasteiger partial charge in [-0.3, -0.25) is 4.79 Å². The van der Waals surface area contributed by atoms with Crippen LogP contribution in [0.25, 0.3) is 5.57 Å². The molecule has 0 amide bonds. The second kappa shape index (κ2) is 7.81. The van der Waals surface area contributed by atoms with Crippen molar-refractivity contribution in [2.45, 2.75) is 16.2 Å². The molecule has 4 aromatic rings. The third-order valence-electron chi connectivity index (χ3n) is 5.49. The van der Waals surface area contributed by atoms with Crippen molar-refractivity contribution in [3.8, 4) is 0 Å². The second-order valence-corrected chi connectivity index (χ2v) is 8.55. The van der Waals surface area contributed by atoms with Crippen molar-refractivity contribution < 1.29 is 4.79 Å². The molecule has 0 N–H and O–H groups in total. The van der Waals surface area contributed by atoms with Crippen LogP contribution in [0.4, 0.5) is 0 Å². The summed E-state index contributed by atoms with van der Waals surface area (Å²) < 4.78 is 0. The lowest BCUT2D eigenvalue weighted by Crippen LogP contribution is -2.02. The Morgan fingerprint density at radius 3 is 2.17 bits per heavy atom. The van der Waals surface area contributed by atoms with E-state index in [1.807, 2.05) is 66.4 Å². The zero-order chi connectivity index (χ0) is 20.5. The molecule has 1 aliphatic rings. The summed E-state index contributed by atoms with van der Waals surface area (Å²) in [4.78, 5) is 15.5. The smallest absolute Gasteiger partial charge is 0.193 e. The van der Waals surface area contributed by atoms with Crippen molar-refractivity contribution in [3.05, 3.63) is 137 Å². The van der Waals surface area contributed by atoms with Gasteiger partial charge in [0.1, 0.15) is 0 Å². The third kappa shape index (κ3) is 3.51. The molecule has 144 valence electrons. The van der Waals surface area contributed by atoms with E-state index in [9.17, 15) is 4.79 Å². The minimum absolute atomic E-state index is 0.0312. The Morgan fingerprint density at radius 1 is 0.633 bits per heavy atom. The van der Waals surface area contributed by atoms with Crippen molar-refractivity contribution >= 4 is 23.1 Å². The highest BCUT2D eigenvalue weighted by atomic mass is 32.2. The molecule has 0 spiro atoms. The van der Waals surface area contributed by atoms with Crippen LogP contribution < -0.4 is 0 Å². The number of carbonyl (C=O) groups excluding carboxylic acids is 1. The van der Waals surface area contributed by atoms with Crippen LogP contribution in [0.2, 0.25) is 0 Å². The highest BCUT2D eigenvalue weighted by Crippen LogP contribution is 2.40. The maximum Gasteiger partial charge on any atom is 0.193 e. The fourth-order valence-corrected chi connectivity index (χ4v) is 4.90. The molecule has 1 nitrogen and oxygen atoms in total. The van der Waals surface area contributed by atoms with E-state index < -0.39 is 0 Å². The lowest BCUT2D eigenvalue weighted by atomic mass is 9.93. The fraction of sp³-hybridized carbons (Fsp3) is 0.0357. The summed E-state index contributed by atoms with van der Waals surface area (Å²) in [7, 11) is 0. The van der Waals surface area contributed by atoms with Crippen molar-refractivity contribution in [1.29, 1.82) is 0 Å². The molecule has 0 radical (unpaired) electrons. The molecule has 0 unspecified atom stereocenters. The highest BCUT2D eigenvalue weighted by molar-refractivity contribution is 7.99. The van der Waals surface area contributed by atoms with E-state index >= 15 is 0 Å². The van der Waals surface area contributed by atoms with E-state index in [1.54, 1.807) is 0 Å². The number of fused-ring (bicyclic) bond motifs is 2. The first-order valence-corrected chi connectivity index (χ1v) is 10.8. The minimum atomic E-state index is 0.0312. The molecule has 5 rings (SSSR count). The van der Waals surface area contributed by atoms with Gasteiger partial charge in [0, 0.05) is 20.9 Å². The molecule has 0 saturated heterocycles. The molecule has 0 aliphatic carbocycles. The Balaban J connectivity index is 1.44. The van der Waals surface area contributed by atoms with Gasteiger partial charge >= 0.3 is 0 Å². The van der Waals surface area contributed by atoms with Gasteiger partial charge in [0.2, 0.25) is 0 Å². The first-order chi connectivity index (χ1) is 14.7. The monoisotopic (exact) mass is 404 g/mol. The maximum absolute atomic E-state index is 12.8. The lowest BCUT2D eigenvalue weighted by molar-refractivity contribution is 0.103. The normalized spacial score (nSPS) is 12.0. The highest BCUT2D eigenvalue weighted by Gasteiger charge is 2.17. The van der Waals surface area contributed by atoms with E-state index in [-0.39, 0.29) is 5.78 Å². The third-order valence-corrected chi connectivity index (χ3v) is 6.73. The molecular weight excluding hydrogens is 384 g/mol. The van der Waals surface area contributed by atoms with Crippen LogP contribution in [0.3, 0.4) is 0 Å². The largest absolute Gasteiger partial charge is 0.289 e. The van der Waals surface area contributed by atoms with E-state index in [0.717, 1.165) is 23.1 Å². The van der Waals surface area contributed by atoms with Crippen LogP contribution in [0.5, 0.6) is 0 Å². The van der Waals surface area contributed by atoms with Gasteiger partial charge in [-0.05, 0) is 58.5 Å². The molecule has 0 aromatic heterocycles. The summed E-state index contributed by atoms with van der Waals surface area (Å²) >= 11 is 1.83. The van der Waals surface area contributed by atoms with Crippen LogP contribution in [-0.2, 0) is 6.42 Å². The molecule has 0 bridgehead atoms. The van der Waals surface area contributed by atoms with Crippen LogP contribution in [-0.4, -0.2) is 5.78 Å². The molecule has 4 aromatic carbocycles. The van der Waals surface area contributed by atoms with Crippen molar-refractivity contribution in [3.63, 3.8) is 0 Å². The predicted molar refractivity (Wildman–Crippen MR) is 124 cm³/mol. The first-order valence-electron chi connectivity index (χ1n) is 9.97. The topological polar surface area (TPSA) is 17.1 Å². The zero-order valence-corrected chi connectivity index (χ0v) is 17.3. The average Bonchev–Trinajstić information content (AvgIpc) is 2.82. The average molecular weight is 405 g/mol. The maximum atomic E-state index is 12.8. The summed E-state index contributed by atoms with van der Waals surface area (Å²) in [6.07, 6.45) is 0.937. The van der Waals surface area contributed by atoms with E-state index in [2.05, 4.69) is 49.0 Å². The van der Waals surface area contributed by atoms with Crippen molar-refractivity contribution in [2.75, 3.05) is 0 Å². The Kier molecular flexibility index (Phi) is 4.86.